The maximum atomic E-state index is 12.0. The zero-order chi connectivity index (χ0) is 17.8. The third-order valence-electron chi connectivity index (χ3n) is 4.06. The lowest BCUT2D eigenvalue weighted by molar-refractivity contribution is -0.118. The first kappa shape index (κ1) is 16.9. The highest BCUT2D eigenvalue weighted by molar-refractivity contribution is 8.00. The molecule has 2 heterocycles. The molecule has 0 bridgehead atoms. The molecule has 136 valence electrons. The van der Waals surface area contributed by atoms with Gasteiger partial charge in [0.1, 0.15) is 13.2 Å². The van der Waals surface area contributed by atoms with Gasteiger partial charge in [0, 0.05) is 11.4 Å². The molecule has 0 radical (unpaired) electrons. The van der Waals surface area contributed by atoms with E-state index >= 15 is 0 Å². The van der Waals surface area contributed by atoms with E-state index in [1.165, 1.54) is 11.8 Å². The van der Waals surface area contributed by atoms with Crippen LogP contribution in [0.4, 0.5) is 0 Å². The van der Waals surface area contributed by atoms with Gasteiger partial charge in [-0.05, 0) is 42.3 Å². The molecule has 2 aliphatic rings. The Hall–Kier alpha value is -2.54. The minimum Gasteiger partial charge on any atom is -0.486 e. The normalized spacial score (nSPS) is 14.2. The van der Waals surface area contributed by atoms with E-state index in [1.807, 2.05) is 36.4 Å². The molecule has 0 fully saturated rings. The Balaban J connectivity index is 1.22. The van der Waals surface area contributed by atoms with E-state index < -0.39 is 0 Å². The molecule has 1 N–H and O–H groups in total. The van der Waals surface area contributed by atoms with Crippen molar-refractivity contribution in [1.82, 2.24) is 5.32 Å². The van der Waals surface area contributed by atoms with Crippen molar-refractivity contribution in [1.29, 1.82) is 0 Å². The van der Waals surface area contributed by atoms with Crippen LogP contribution in [-0.4, -0.2) is 38.2 Å². The summed E-state index contributed by atoms with van der Waals surface area (Å²) >= 11 is 1.48. The number of nitrogens with one attached hydrogen (secondary N) is 1. The van der Waals surface area contributed by atoms with E-state index in [4.69, 9.17) is 18.9 Å². The minimum atomic E-state index is 0.00522. The number of fused-ring (bicyclic) bond motifs is 2. The number of amides is 1. The molecule has 26 heavy (non-hydrogen) atoms. The lowest BCUT2D eigenvalue weighted by atomic mass is 10.1. The fourth-order valence-corrected chi connectivity index (χ4v) is 3.51. The summed E-state index contributed by atoms with van der Waals surface area (Å²) in [6.45, 7) is 1.99. The van der Waals surface area contributed by atoms with Crippen molar-refractivity contribution in [3.05, 3.63) is 42.0 Å². The second kappa shape index (κ2) is 7.78. The average Bonchev–Trinajstić information content (AvgIpc) is 3.14. The molecule has 4 rings (SSSR count). The van der Waals surface area contributed by atoms with Crippen LogP contribution in [-0.2, 0) is 11.2 Å². The number of ether oxygens (including phenoxy) is 4. The van der Waals surface area contributed by atoms with Crippen LogP contribution >= 0.6 is 11.8 Å². The SMILES string of the molecule is O=C(CSc1ccc2c(c1)OCCO2)NCCc1ccc2c(c1)OCO2. The standard InChI is InChI=1S/C19H19NO5S/c21-19(11-26-14-2-4-15-18(10-14)23-8-7-22-15)20-6-5-13-1-3-16-17(9-13)25-12-24-16/h1-4,9-10H,5-8,11-12H2,(H,20,21). The van der Waals surface area contributed by atoms with Crippen LogP contribution in [0.2, 0.25) is 0 Å². The number of thioether (sulfide) groups is 1. The topological polar surface area (TPSA) is 66.0 Å². The van der Waals surface area contributed by atoms with Crippen LogP contribution in [0.15, 0.2) is 41.3 Å². The lowest BCUT2D eigenvalue weighted by Crippen LogP contribution is -2.27. The predicted octanol–water partition coefficient (Wildman–Crippen LogP) is 2.64. The smallest absolute Gasteiger partial charge is 0.231 e. The Labute approximate surface area is 155 Å². The van der Waals surface area contributed by atoms with Crippen LogP contribution in [0.1, 0.15) is 5.56 Å². The molecule has 0 atom stereocenters. The Morgan fingerprint density at radius 1 is 0.923 bits per heavy atom. The van der Waals surface area contributed by atoms with E-state index in [9.17, 15) is 4.79 Å². The largest absolute Gasteiger partial charge is 0.486 e. The van der Waals surface area contributed by atoms with E-state index in [1.54, 1.807) is 0 Å². The average molecular weight is 373 g/mol. The van der Waals surface area contributed by atoms with Crippen molar-refractivity contribution in [3.8, 4) is 23.0 Å². The predicted molar refractivity (Wildman–Crippen MR) is 97.4 cm³/mol. The third-order valence-corrected chi connectivity index (χ3v) is 5.05. The van der Waals surface area contributed by atoms with Gasteiger partial charge in [-0.2, -0.15) is 0 Å². The van der Waals surface area contributed by atoms with Gasteiger partial charge in [0.2, 0.25) is 12.7 Å². The second-order valence-corrected chi connectivity index (χ2v) is 6.93. The molecule has 1 amide bonds. The van der Waals surface area contributed by atoms with Gasteiger partial charge in [0.05, 0.1) is 5.75 Å². The summed E-state index contributed by atoms with van der Waals surface area (Å²) in [6, 6.07) is 11.6. The molecule has 2 aromatic rings. The van der Waals surface area contributed by atoms with Crippen molar-refractivity contribution in [2.24, 2.45) is 0 Å². The summed E-state index contributed by atoms with van der Waals surface area (Å²) in [6.07, 6.45) is 0.747. The molecule has 0 unspecified atom stereocenters. The molecular weight excluding hydrogens is 354 g/mol. The van der Waals surface area contributed by atoms with Gasteiger partial charge in [0.15, 0.2) is 23.0 Å². The van der Waals surface area contributed by atoms with Gasteiger partial charge in [-0.3, -0.25) is 4.79 Å². The van der Waals surface area contributed by atoms with Gasteiger partial charge < -0.3 is 24.3 Å². The molecule has 6 nitrogen and oxygen atoms in total. The Morgan fingerprint density at radius 3 is 2.58 bits per heavy atom. The monoisotopic (exact) mass is 373 g/mol. The fraction of sp³-hybridized carbons (Fsp3) is 0.316. The number of hydrogen-bond acceptors (Lipinski definition) is 6. The van der Waals surface area contributed by atoms with Crippen molar-refractivity contribution in [3.63, 3.8) is 0 Å². The van der Waals surface area contributed by atoms with Crippen LogP contribution in [0.5, 0.6) is 23.0 Å². The summed E-state index contributed by atoms with van der Waals surface area (Å²) in [5.74, 6) is 3.40. The maximum Gasteiger partial charge on any atom is 0.231 e. The zero-order valence-electron chi connectivity index (χ0n) is 14.2. The summed E-state index contributed by atoms with van der Waals surface area (Å²) in [7, 11) is 0. The van der Waals surface area contributed by atoms with Crippen LogP contribution in [0, 0.1) is 0 Å². The van der Waals surface area contributed by atoms with Crippen LogP contribution in [0.25, 0.3) is 0 Å². The summed E-state index contributed by atoms with van der Waals surface area (Å²) < 4.78 is 21.7. The van der Waals surface area contributed by atoms with Crippen molar-refractivity contribution in [2.75, 3.05) is 32.3 Å². The zero-order valence-corrected chi connectivity index (χ0v) is 15.0. The van der Waals surface area contributed by atoms with Crippen molar-refractivity contribution < 1.29 is 23.7 Å². The highest BCUT2D eigenvalue weighted by atomic mass is 32.2. The molecule has 2 aromatic carbocycles. The third kappa shape index (κ3) is 3.99. The molecule has 0 saturated carbocycles. The summed E-state index contributed by atoms with van der Waals surface area (Å²) in [5, 5.41) is 2.94. The first-order valence-corrected chi connectivity index (χ1v) is 9.44. The highest BCUT2D eigenvalue weighted by Gasteiger charge is 2.14. The van der Waals surface area contributed by atoms with E-state index in [2.05, 4.69) is 5.32 Å². The van der Waals surface area contributed by atoms with Gasteiger partial charge in [0.25, 0.3) is 0 Å². The summed E-state index contributed by atoms with van der Waals surface area (Å²) in [4.78, 5) is 13.0. The number of hydrogen-bond donors (Lipinski definition) is 1. The van der Waals surface area contributed by atoms with Gasteiger partial charge in [-0.1, -0.05) is 6.07 Å². The first-order chi connectivity index (χ1) is 12.8. The van der Waals surface area contributed by atoms with Crippen molar-refractivity contribution >= 4 is 17.7 Å². The van der Waals surface area contributed by atoms with E-state index in [-0.39, 0.29) is 12.7 Å². The minimum absolute atomic E-state index is 0.00522. The second-order valence-electron chi connectivity index (χ2n) is 5.88. The molecule has 0 spiro atoms. The van der Waals surface area contributed by atoms with E-state index in [0.29, 0.717) is 25.5 Å². The number of benzene rings is 2. The number of carbonyl (C=O) groups is 1. The highest BCUT2D eigenvalue weighted by Crippen LogP contribution is 2.34. The van der Waals surface area contributed by atoms with Gasteiger partial charge in [-0.15, -0.1) is 11.8 Å². The summed E-state index contributed by atoms with van der Waals surface area (Å²) in [5.41, 5.74) is 1.11. The number of carbonyl (C=O) groups excluding carboxylic acids is 1. The Morgan fingerprint density at radius 2 is 1.65 bits per heavy atom. The van der Waals surface area contributed by atoms with Gasteiger partial charge in [-0.25, -0.2) is 0 Å². The van der Waals surface area contributed by atoms with Crippen molar-refractivity contribution in [2.45, 2.75) is 11.3 Å². The Kier molecular flexibility index (Phi) is 5.06. The van der Waals surface area contributed by atoms with E-state index in [0.717, 1.165) is 39.9 Å². The molecule has 7 heteroatoms. The first-order valence-electron chi connectivity index (χ1n) is 8.45. The van der Waals surface area contributed by atoms with Gasteiger partial charge >= 0.3 is 0 Å². The quantitative estimate of drug-likeness (QED) is 0.786. The molecular formula is C19H19NO5S. The van der Waals surface area contributed by atoms with Crippen LogP contribution < -0.4 is 24.3 Å². The Bertz CT molecular complexity index is 811. The fourth-order valence-electron chi connectivity index (χ4n) is 2.76. The molecule has 0 aliphatic carbocycles. The lowest BCUT2D eigenvalue weighted by Gasteiger charge is -2.18. The maximum absolute atomic E-state index is 12.0. The molecule has 0 aromatic heterocycles. The molecule has 2 aliphatic heterocycles. The number of rotatable bonds is 6. The van der Waals surface area contributed by atoms with Crippen LogP contribution in [0.3, 0.4) is 0 Å². The molecule has 0 saturated heterocycles.